The molecule has 0 aliphatic heterocycles. The maximum absolute atomic E-state index is 9.33. The highest BCUT2D eigenvalue weighted by Gasteiger charge is 2.05. The average molecular weight is 498 g/mol. The van der Waals surface area contributed by atoms with E-state index in [1.807, 2.05) is 0 Å². The summed E-state index contributed by atoms with van der Waals surface area (Å²) in [5.41, 5.74) is 0. The molecule has 7 heteroatoms. The third kappa shape index (κ3) is 42.4. The third-order valence-corrected chi connectivity index (χ3v) is 6.31. The molecule has 0 amide bonds. The van der Waals surface area contributed by atoms with Gasteiger partial charge in [0.25, 0.3) is 0 Å². The molecule has 0 aliphatic rings. The van der Waals surface area contributed by atoms with Crippen molar-refractivity contribution in [1.29, 1.82) is 0 Å². The molecule has 6 nitrogen and oxygen atoms in total. The number of quaternary nitrogens is 1. The molecule has 0 spiro atoms. The van der Waals surface area contributed by atoms with Crippen LogP contribution in [0.5, 0.6) is 0 Å². The summed E-state index contributed by atoms with van der Waals surface area (Å²) in [5, 5.41) is 0. The minimum Gasteiger partial charge on any atom is -0.344 e. The SMILES string of the molecule is CCCCCCCCCCCCCCCCCCCCCC[N+](C)(C)C.COS(=O)(=O)O.N. The van der Waals surface area contributed by atoms with E-state index in [4.69, 9.17) is 4.55 Å². The first-order valence-corrected chi connectivity index (χ1v) is 14.8. The van der Waals surface area contributed by atoms with E-state index in [2.05, 4.69) is 32.2 Å². The fraction of sp³-hybridized carbons (Fsp3) is 1.00. The second-order valence-corrected chi connectivity index (χ2v) is 11.5. The van der Waals surface area contributed by atoms with Crippen LogP contribution in [0.1, 0.15) is 135 Å². The van der Waals surface area contributed by atoms with Gasteiger partial charge in [-0.15, -0.1) is 0 Å². The Bertz CT molecular complexity index is 465. The molecular weight excluding hydrogens is 436 g/mol. The highest BCUT2D eigenvalue weighted by molar-refractivity contribution is 7.80. The number of unbranched alkanes of at least 4 members (excludes halogenated alkanes) is 19. The summed E-state index contributed by atoms with van der Waals surface area (Å²) in [6.45, 7) is 3.63. The van der Waals surface area contributed by atoms with Gasteiger partial charge in [-0.25, -0.2) is 0 Å². The number of nitrogens with zero attached hydrogens (tertiary/aromatic N) is 1. The minimum absolute atomic E-state index is 0. The minimum atomic E-state index is -4.16. The molecule has 0 aromatic heterocycles. The van der Waals surface area contributed by atoms with E-state index in [-0.39, 0.29) is 6.15 Å². The van der Waals surface area contributed by atoms with Gasteiger partial charge in [-0.2, -0.15) is 8.42 Å². The van der Waals surface area contributed by atoms with Crippen molar-refractivity contribution in [3.8, 4) is 0 Å². The van der Waals surface area contributed by atoms with E-state index in [0.29, 0.717) is 0 Å². The molecular formula is C26H61N2O4S+. The van der Waals surface area contributed by atoms with Gasteiger partial charge < -0.3 is 10.6 Å². The van der Waals surface area contributed by atoms with E-state index in [1.54, 1.807) is 0 Å². The Hall–Kier alpha value is -0.210. The van der Waals surface area contributed by atoms with E-state index in [0.717, 1.165) is 11.6 Å². The van der Waals surface area contributed by atoms with Crippen LogP contribution in [-0.4, -0.2) is 52.3 Å². The molecule has 0 saturated heterocycles. The fourth-order valence-electron chi connectivity index (χ4n) is 3.84. The number of rotatable bonds is 22. The van der Waals surface area contributed by atoms with Crippen molar-refractivity contribution in [1.82, 2.24) is 6.15 Å². The predicted octanol–water partition coefficient (Wildman–Crippen LogP) is 8.11. The normalized spacial score (nSPS) is 11.6. The summed E-state index contributed by atoms with van der Waals surface area (Å²) >= 11 is 0. The summed E-state index contributed by atoms with van der Waals surface area (Å²) in [4.78, 5) is 0. The lowest BCUT2D eigenvalue weighted by atomic mass is 10.0. The zero-order chi connectivity index (χ0) is 24.6. The van der Waals surface area contributed by atoms with Gasteiger partial charge in [0.05, 0.1) is 34.8 Å². The van der Waals surface area contributed by atoms with Gasteiger partial charge in [0.15, 0.2) is 0 Å². The van der Waals surface area contributed by atoms with Crippen LogP contribution in [0.2, 0.25) is 0 Å². The molecule has 0 aromatic carbocycles. The Labute approximate surface area is 208 Å². The van der Waals surface area contributed by atoms with Gasteiger partial charge in [0.2, 0.25) is 0 Å². The molecule has 0 heterocycles. The highest BCUT2D eigenvalue weighted by atomic mass is 32.3. The van der Waals surface area contributed by atoms with E-state index in [1.165, 1.54) is 135 Å². The maximum atomic E-state index is 9.33. The van der Waals surface area contributed by atoms with Crippen LogP contribution in [0.4, 0.5) is 0 Å². The van der Waals surface area contributed by atoms with Gasteiger partial charge in [-0.05, 0) is 12.8 Å². The first-order chi connectivity index (χ1) is 15.1. The lowest BCUT2D eigenvalue weighted by Crippen LogP contribution is -2.35. The standard InChI is InChI=1S/C25H54N.CH4O4S.H3N/c1-5-6-7-8-9-10-11-12-13-14-15-16-17-18-19-20-21-22-23-24-25-26(2,3)4;1-5-6(2,3)4;/h5-25H2,1-4H3;1H3,(H,2,3,4);1H3/q+1;;. The molecule has 0 atom stereocenters. The van der Waals surface area contributed by atoms with Crippen LogP contribution >= 0.6 is 0 Å². The number of hydrogen-bond donors (Lipinski definition) is 2. The van der Waals surface area contributed by atoms with Crippen molar-refractivity contribution in [3.63, 3.8) is 0 Å². The number of hydrogen-bond acceptors (Lipinski definition) is 4. The Morgan fingerprint density at radius 1 is 0.576 bits per heavy atom. The van der Waals surface area contributed by atoms with Crippen LogP contribution in [0.15, 0.2) is 0 Å². The van der Waals surface area contributed by atoms with Crippen LogP contribution in [-0.2, 0) is 14.6 Å². The van der Waals surface area contributed by atoms with Crippen molar-refractivity contribution >= 4 is 10.4 Å². The molecule has 33 heavy (non-hydrogen) atoms. The second kappa shape index (κ2) is 26.4. The first-order valence-electron chi connectivity index (χ1n) is 13.5. The average Bonchev–Trinajstić information content (AvgIpc) is 2.71. The molecule has 0 aliphatic carbocycles. The fourth-order valence-corrected chi connectivity index (χ4v) is 3.84. The van der Waals surface area contributed by atoms with Crippen LogP contribution in [0.25, 0.3) is 0 Å². The van der Waals surface area contributed by atoms with Crippen LogP contribution in [0, 0.1) is 0 Å². The maximum Gasteiger partial charge on any atom is 0.397 e. The molecule has 0 radical (unpaired) electrons. The van der Waals surface area contributed by atoms with E-state index < -0.39 is 10.4 Å². The molecule has 0 rings (SSSR count). The van der Waals surface area contributed by atoms with E-state index in [9.17, 15) is 8.42 Å². The lowest BCUT2D eigenvalue weighted by molar-refractivity contribution is -0.870. The monoisotopic (exact) mass is 497 g/mol. The van der Waals surface area contributed by atoms with Gasteiger partial charge >= 0.3 is 10.4 Å². The topological polar surface area (TPSA) is 98.6 Å². The quantitative estimate of drug-likeness (QED) is 0.0893. The Morgan fingerprint density at radius 2 is 0.788 bits per heavy atom. The van der Waals surface area contributed by atoms with Crippen molar-refractivity contribution < 1.29 is 21.6 Å². The van der Waals surface area contributed by atoms with Crippen molar-refractivity contribution in [2.45, 2.75) is 135 Å². The zero-order valence-corrected chi connectivity index (χ0v) is 23.9. The van der Waals surface area contributed by atoms with Gasteiger partial charge in [-0.1, -0.05) is 122 Å². The molecule has 204 valence electrons. The summed E-state index contributed by atoms with van der Waals surface area (Å²) < 4.78 is 30.8. The molecule has 0 fully saturated rings. The molecule has 4 N–H and O–H groups in total. The van der Waals surface area contributed by atoms with Gasteiger partial charge in [-0.3, -0.25) is 8.74 Å². The zero-order valence-electron chi connectivity index (χ0n) is 23.1. The van der Waals surface area contributed by atoms with Crippen molar-refractivity contribution in [2.75, 3.05) is 34.8 Å². The second-order valence-electron chi connectivity index (χ2n) is 10.3. The Kier molecular flexibility index (Phi) is 29.9. The molecule has 0 bridgehead atoms. The van der Waals surface area contributed by atoms with Crippen LogP contribution in [0.3, 0.4) is 0 Å². The van der Waals surface area contributed by atoms with E-state index >= 15 is 0 Å². The van der Waals surface area contributed by atoms with Crippen molar-refractivity contribution in [2.24, 2.45) is 0 Å². The Balaban J connectivity index is -0.00000113. The van der Waals surface area contributed by atoms with Gasteiger partial charge in [0, 0.05) is 0 Å². The molecule has 0 aromatic rings. The summed E-state index contributed by atoms with van der Waals surface area (Å²) in [6.07, 6.45) is 29.3. The predicted molar refractivity (Wildman–Crippen MR) is 144 cm³/mol. The summed E-state index contributed by atoms with van der Waals surface area (Å²) in [5.74, 6) is 0. The smallest absolute Gasteiger partial charge is 0.344 e. The van der Waals surface area contributed by atoms with Crippen molar-refractivity contribution in [3.05, 3.63) is 0 Å². The van der Waals surface area contributed by atoms with Crippen LogP contribution < -0.4 is 6.15 Å². The lowest BCUT2D eigenvalue weighted by Gasteiger charge is -2.23. The first kappa shape index (κ1) is 37.3. The Morgan fingerprint density at radius 3 is 0.970 bits per heavy atom. The largest absolute Gasteiger partial charge is 0.397 e. The molecule has 0 unspecified atom stereocenters. The van der Waals surface area contributed by atoms with Gasteiger partial charge in [0.1, 0.15) is 0 Å². The molecule has 0 saturated carbocycles. The third-order valence-electron chi connectivity index (χ3n) is 5.89. The highest BCUT2D eigenvalue weighted by Crippen LogP contribution is 2.15. The summed E-state index contributed by atoms with van der Waals surface area (Å²) in [6, 6.07) is 0. The summed E-state index contributed by atoms with van der Waals surface area (Å²) in [7, 11) is 3.61.